The van der Waals surface area contributed by atoms with E-state index in [1.165, 1.54) is 19.4 Å². The molecule has 8 heteroatoms. The first-order chi connectivity index (χ1) is 10.3. The van der Waals surface area contributed by atoms with Crippen molar-refractivity contribution in [1.29, 1.82) is 0 Å². The van der Waals surface area contributed by atoms with E-state index in [9.17, 15) is 18.0 Å². The highest BCUT2D eigenvalue weighted by molar-refractivity contribution is 5.95. The summed E-state index contributed by atoms with van der Waals surface area (Å²) in [7, 11) is 1.40. The third kappa shape index (κ3) is 3.21. The summed E-state index contributed by atoms with van der Waals surface area (Å²) >= 11 is 0. The van der Waals surface area contributed by atoms with Crippen LogP contribution in [0.3, 0.4) is 0 Å². The van der Waals surface area contributed by atoms with Crippen LogP contribution in [0.1, 0.15) is 34.7 Å². The van der Waals surface area contributed by atoms with Crippen LogP contribution in [0.2, 0.25) is 0 Å². The fraction of sp³-hybridized carbons (Fsp3) is 0.286. The number of hydrogen-bond donors (Lipinski definition) is 0. The topological polar surface area (TPSA) is 59.0 Å². The Morgan fingerprint density at radius 1 is 1.23 bits per heavy atom. The van der Waals surface area contributed by atoms with Gasteiger partial charge in [-0.2, -0.15) is 13.2 Å². The zero-order valence-electron chi connectivity index (χ0n) is 11.9. The van der Waals surface area contributed by atoms with E-state index in [1.807, 2.05) is 0 Å². The third-order valence-electron chi connectivity index (χ3n) is 3.22. The van der Waals surface area contributed by atoms with Gasteiger partial charge in [-0.3, -0.25) is 9.78 Å². The van der Waals surface area contributed by atoms with Gasteiger partial charge in [-0.25, -0.2) is 9.97 Å². The summed E-state index contributed by atoms with van der Waals surface area (Å²) in [6.45, 7) is 1.64. The van der Waals surface area contributed by atoms with Crippen molar-refractivity contribution in [2.45, 2.75) is 19.1 Å². The van der Waals surface area contributed by atoms with E-state index in [-0.39, 0.29) is 0 Å². The van der Waals surface area contributed by atoms with Gasteiger partial charge in [-0.1, -0.05) is 0 Å². The SMILES string of the molecule is CC(c1ncccn1)N(C)C(=O)c1cnccc1C(F)(F)F. The highest BCUT2D eigenvalue weighted by Gasteiger charge is 2.36. The molecule has 116 valence electrons. The molecule has 1 atom stereocenters. The van der Waals surface area contributed by atoms with Gasteiger partial charge >= 0.3 is 6.18 Å². The Hall–Kier alpha value is -2.51. The minimum Gasteiger partial charge on any atom is -0.332 e. The van der Waals surface area contributed by atoms with Crippen LogP contribution in [0.4, 0.5) is 13.2 Å². The first kappa shape index (κ1) is 15.9. The molecule has 0 radical (unpaired) electrons. The Kier molecular flexibility index (Phi) is 4.39. The molecule has 22 heavy (non-hydrogen) atoms. The third-order valence-corrected chi connectivity index (χ3v) is 3.22. The first-order valence-electron chi connectivity index (χ1n) is 6.37. The molecule has 2 heterocycles. The maximum absolute atomic E-state index is 13.0. The summed E-state index contributed by atoms with van der Waals surface area (Å²) in [5.41, 5.74) is -1.51. The van der Waals surface area contributed by atoms with Crippen LogP contribution in [-0.2, 0) is 6.18 Å². The smallest absolute Gasteiger partial charge is 0.332 e. The van der Waals surface area contributed by atoms with Gasteiger partial charge in [-0.15, -0.1) is 0 Å². The average Bonchev–Trinajstić information content (AvgIpc) is 2.52. The molecule has 0 aliphatic rings. The Morgan fingerprint density at radius 2 is 1.86 bits per heavy atom. The molecule has 0 saturated heterocycles. The van der Waals surface area contributed by atoms with Gasteiger partial charge in [0, 0.05) is 31.8 Å². The lowest BCUT2D eigenvalue weighted by Crippen LogP contribution is -2.32. The summed E-state index contributed by atoms with van der Waals surface area (Å²) in [5.74, 6) is -0.448. The monoisotopic (exact) mass is 310 g/mol. The lowest BCUT2D eigenvalue weighted by molar-refractivity contribution is -0.138. The van der Waals surface area contributed by atoms with Crippen molar-refractivity contribution in [2.75, 3.05) is 7.05 Å². The van der Waals surface area contributed by atoms with E-state index in [1.54, 1.807) is 13.0 Å². The summed E-state index contributed by atoms with van der Waals surface area (Å²) < 4.78 is 38.9. The van der Waals surface area contributed by atoms with E-state index >= 15 is 0 Å². The zero-order valence-corrected chi connectivity index (χ0v) is 11.9. The molecule has 0 fully saturated rings. The maximum atomic E-state index is 13.0. The molecular weight excluding hydrogens is 297 g/mol. The van der Waals surface area contributed by atoms with Gasteiger partial charge in [0.15, 0.2) is 0 Å². The summed E-state index contributed by atoms with van der Waals surface area (Å²) in [6, 6.07) is 1.82. The van der Waals surface area contributed by atoms with Crippen molar-refractivity contribution in [2.24, 2.45) is 0 Å². The van der Waals surface area contributed by atoms with Crippen LogP contribution in [0, 0.1) is 0 Å². The van der Waals surface area contributed by atoms with Crippen LogP contribution in [0.15, 0.2) is 36.9 Å². The number of halogens is 3. The van der Waals surface area contributed by atoms with Crippen molar-refractivity contribution >= 4 is 5.91 Å². The predicted octanol–water partition coefficient (Wildman–Crippen LogP) is 2.72. The molecule has 1 unspecified atom stereocenters. The molecule has 0 aromatic carbocycles. The Balaban J connectivity index is 2.33. The van der Waals surface area contributed by atoms with Gasteiger partial charge in [0.25, 0.3) is 5.91 Å². The second-order valence-electron chi connectivity index (χ2n) is 4.62. The molecule has 5 nitrogen and oxygen atoms in total. The van der Waals surface area contributed by atoms with Crippen LogP contribution in [-0.4, -0.2) is 32.8 Å². The molecule has 0 saturated carbocycles. The molecule has 0 aliphatic heterocycles. The molecule has 2 aromatic heterocycles. The van der Waals surface area contributed by atoms with Gasteiger partial charge in [0.1, 0.15) is 5.82 Å². The van der Waals surface area contributed by atoms with Crippen molar-refractivity contribution in [3.63, 3.8) is 0 Å². The molecule has 0 aliphatic carbocycles. The standard InChI is InChI=1S/C14H13F3N4O/c1-9(12-19-5-3-6-20-12)21(2)13(22)10-8-18-7-4-11(10)14(15,16)17/h3-9H,1-2H3. The van der Waals surface area contributed by atoms with Crippen LogP contribution in [0.5, 0.6) is 0 Å². The van der Waals surface area contributed by atoms with E-state index in [0.29, 0.717) is 5.82 Å². The highest BCUT2D eigenvalue weighted by Crippen LogP contribution is 2.32. The fourth-order valence-corrected chi connectivity index (χ4v) is 1.88. The first-order valence-corrected chi connectivity index (χ1v) is 6.37. The lowest BCUT2D eigenvalue weighted by atomic mass is 10.1. The van der Waals surface area contributed by atoms with Crippen molar-refractivity contribution < 1.29 is 18.0 Å². The van der Waals surface area contributed by atoms with E-state index in [2.05, 4.69) is 15.0 Å². The van der Waals surface area contributed by atoms with Gasteiger partial charge in [0.05, 0.1) is 17.2 Å². The summed E-state index contributed by atoms with van der Waals surface area (Å²) in [6.07, 6.45) is 0.301. The number of alkyl halides is 3. The van der Waals surface area contributed by atoms with Crippen LogP contribution >= 0.6 is 0 Å². The number of rotatable bonds is 3. The van der Waals surface area contributed by atoms with Crippen LogP contribution in [0.25, 0.3) is 0 Å². The molecule has 1 amide bonds. The Bertz CT molecular complexity index is 661. The molecule has 0 N–H and O–H groups in total. The minimum absolute atomic E-state index is 0.343. The van der Waals surface area contributed by atoms with E-state index < -0.39 is 29.3 Å². The normalized spacial score (nSPS) is 12.8. The predicted molar refractivity (Wildman–Crippen MR) is 71.8 cm³/mol. The van der Waals surface area contributed by atoms with Crippen LogP contribution < -0.4 is 0 Å². The van der Waals surface area contributed by atoms with E-state index in [0.717, 1.165) is 23.4 Å². The molecule has 0 bridgehead atoms. The van der Waals surface area contributed by atoms with Gasteiger partial charge in [-0.05, 0) is 19.1 Å². The van der Waals surface area contributed by atoms with Gasteiger partial charge < -0.3 is 4.90 Å². The number of hydrogen-bond acceptors (Lipinski definition) is 4. The van der Waals surface area contributed by atoms with E-state index in [4.69, 9.17) is 0 Å². The second-order valence-corrected chi connectivity index (χ2v) is 4.62. The highest BCUT2D eigenvalue weighted by atomic mass is 19.4. The number of nitrogens with zero attached hydrogens (tertiary/aromatic N) is 4. The number of carbonyl (C=O) groups is 1. The number of carbonyl (C=O) groups excluding carboxylic acids is 1. The molecule has 2 aromatic rings. The quantitative estimate of drug-likeness (QED) is 0.874. The lowest BCUT2D eigenvalue weighted by Gasteiger charge is -2.24. The maximum Gasteiger partial charge on any atom is 0.417 e. The number of pyridine rings is 1. The van der Waals surface area contributed by atoms with Crippen molar-refractivity contribution in [3.05, 3.63) is 53.9 Å². The fourth-order valence-electron chi connectivity index (χ4n) is 1.88. The Morgan fingerprint density at radius 3 is 2.45 bits per heavy atom. The number of amides is 1. The molecular formula is C14H13F3N4O. The average molecular weight is 310 g/mol. The summed E-state index contributed by atoms with van der Waals surface area (Å²) in [5, 5.41) is 0. The van der Waals surface area contributed by atoms with Crippen molar-refractivity contribution in [1.82, 2.24) is 19.9 Å². The van der Waals surface area contributed by atoms with Crippen molar-refractivity contribution in [3.8, 4) is 0 Å². The summed E-state index contributed by atoms with van der Waals surface area (Å²) in [4.78, 5) is 25.1. The second kappa shape index (κ2) is 6.08. The molecule has 2 rings (SSSR count). The van der Waals surface area contributed by atoms with Gasteiger partial charge in [0.2, 0.25) is 0 Å². The Labute approximate surface area is 124 Å². The largest absolute Gasteiger partial charge is 0.417 e. The molecule has 0 spiro atoms. The minimum atomic E-state index is -4.62. The number of aromatic nitrogens is 3. The zero-order chi connectivity index (χ0) is 16.3.